The molecule has 0 aromatic heterocycles. The fourth-order valence-corrected chi connectivity index (χ4v) is 2.08. The molecule has 0 aromatic rings. The van der Waals surface area contributed by atoms with Crippen LogP contribution < -0.4 is 0 Å². The number of nitrogens with zero attached hydrogens (tertiary/aromatic N) is 1. The zero-order chi connectivity index (χ0) is 14.7. The predicted molar refractivity (Wildman–Crippen MR) is 58.7 cm³/mol. The van der Waals surface area contributed by atoms with Crippen molar-refractivity contribution >= 4 is 12.4 Å². The van der Waals surface area contributed by atoms with E-state index < -0.39 is 23.4 Å². The molecule has 1 atom stereocenters. The Kier molecular flexibility index (Phi) is 4.78. The van der Waals surface area contributed by atoms with Gasteiger partial charge in [0, 0.05) is 13.5 Å². The molecule has 1 amide bonds. The van der Waals surface area contributed by atoms with Gasteiger partial charge in [-0.2, -0.15) is 0 Å². The van der Waals surface area contributed by atoms with Gasteiger partial charge in [0.05, 0.1) is 19.8 Å². The first-order chi connectivity index (χ1) is 8.78. The Labute approximate surface area is 108 Å². The number of likely N-dealkylation sites (tertiary alicyclic amines) is 1. The molecule has 0 aliphatic carbocycles. The Bertz CT molecular complexity index is 341. The molecular weight excluding hydrogens is 267 g/mol. The van der Waals surface area contributed by atoms with Crippen LogP contribution in [0.2, 0.25) is 0 Å². The third-order valence-corrected chi connectivity index (χ3v) is 3.36. The molecule has 0 radical (unpaired) electrons. The van der Waals surface area contributed by atoms with Crippen molar-refractivity contribution in [2.45, 2.75) is 25.4 Å². The largest absolute Gasteiger partial charge is 0.483 e. The summed E-state index contributed by atoms with van der Waals surface area (Å²) in [5.74, 6) is -3.80. The van der Waals surface area contributed by atoms with Gasteiger partial charge in [0.25, 0.3) is 12.4 Å². The van der Waals surface area contributed by atoms with E-state index in [2.05, 4.69) is 0 Å². The number of hydrogen-bond donors (Lipinski definition) is 1. The van der Waals surface area contributed by atoms with E-state index in [-0.39, 0.29) is 39.2 Å². The normalized spacial score (nSPS) is 25.1. The van der Waals surface area contributed by atoms with Crippen molar-refractivity contribution in [1.82, 2.24) is 4.90 Å². The van der Waals surface area contributed by atoms with Crippen molar-refractivity contribution in [3.8, 4) is 0 Å². The van der Waals surface area contributed by atoms with Gasteiger partial charge in [-0.1, -0.05) is 0 Å². The molecule has 2 rings (SSSR count). The van der Waals surface area contributed by atoms with Crippen LogP contribution in [0.4, 0.5) is 13.2 Å². The van der Waals surface area contributed by atoms with Crippen molar-refractivity contribution in [2.24, 2.45) is 5.41 Å². The van der Waals surface area contributed by atoms with Crippen LogP contribution in [0.5, 0.6) is 0 Å². The first kappa shape index (κ1) is 15.7. The summed E-state index contributed by atoms with van der Waals surface area (Å²) in [7, 11) is 0. The van der Waals surface area contributed by atoms with E-state index in [4.69, 9.17) is 14.6 Å². The third kappa shape index (κ3) is 2.99. The van der Waals surface area contributed by atoms with Crippen molar-refractivity contribution in [3.05, 3.63) is 0 Å². The number of alkyl halides is 3. The molecular formula is C11H16F3NO4. The highest BCUT2D eigenvalue weighted by molar-refractivity contribution is 5.85. The average molecular weight is 283 g/mol. The van der Waals surface area contributed by atoms with E-state index in [1.165, 1.54) is 4.90 Å². The van der Waals surface area contributed by atoms with E-state index in [9.17, 15) is 18.0 Å². The first-order valence-electron chi connectivity index (χ1n) is 5.75. The van der Waals surface area contributed by atoms with E-state index in [0.717, 1.165) is 6.92 Å². The summed E-state index contributed by atoms with van der Waals surface area (Å²) in [5, 5.41) is 6.89. The van der Waals surface area contributed by atoms with Crippen LogP contribution in [0, 0.1) is 5.41 Å². The number of ether oxygens (including phenoxy) is 1. The first-order valence-corrected chi connectivity index (χ1v) is 5.75. The van der Waals surface area contributed by atoms with Gasteiger partial charge < -0.3 is 14.7 Å². The quantitative estimate of drug-likeness (QED) is 0.766. The number of carbonyl (C=O) groups is 2. The fourth-order valence-electron chi connectivity index (χ4n) is 2.08. The molecule has 5 nitrogen and oxygen atoms in total. The van der Waals surface area contributed by atoms with Gasteiger partial charge >= 0.3 is 0 Å². The highest BCUT2D eigenvalue weighted by Gasteiger charge is 2.62. The summed E-state index contributed by atoms with van der Waals surface area (Å²) >= 11 is 0. The van der Waals surface area contributed by atoms with Gasteiger partial charge in [-0.3, -0.25) is 9.59 Å². The summed E-state index contributed by atoms with van der Waals surface area (Å²) in [6.45, 7) is 0.0660. The summed E-state index contributed by atoms with van der Waals surface area (Å²) < 4.78 is 44.5. The van der Waals surface area contributed by atoms with Crippen LogP contribution >= 0.6 is 0 Å². The Balaban J connectivity index is 0.000000550. The Morgan fingerprint density at radius 2 is 2.05 bits per heavy atom. The SMILES string of the molecule is CC(F)(F)C1(C(=O)N2CCC(F)C2)COC1.O=CO. The zero-order valence-corrected chi connectivity index (χ0v) is 10.4. The molecule has 0 aromatic carbocycles. The molecule has 8 heteroatoms. The van der Waals surface area contributed by atoms with Crippen LogP contribution in [0.3, 0.4) is 0 Å². The number of halogens is 3. The molecule has 2 aliphatic heterocycles. The summed E-state index contributed by atoms with van der Waals surface area (Å²) in [4.78, 5) is 21.5. The van der Waals surface area contributed by atoms with Crippen molar-refractivity contribution in [3.63, 3.8) is 0 Å². The molecule has 1 unspecified atom stereocenters. The maximum atomic E-state index is 13.4. The fraction of sp³-hybridized carbons (Fsp3) is 0.818. The maximum Gasteiger partial charge on any atom is 0.290 e. The minimum atomic E-state index is -3.13. The summed E-state index contributed by atoms with van der Waals surface area (Å²) in [6, 6.07) is 0. The van der Waals surface area contributed by atoms with Crippen molar-refractivity contribution < 1.29 is 32.6 Å². The third-order valence-electron chi connectivity index (χ3n) is 3.36. The molecule has 110 valence electrons. The predicted octanol–water partition coefficient (Wildman–Crippen LogP) is 0.929. The maximum absolute atomic E-state index is 13.4. The van der Waals surface area contributed by atoms with Gasteiger partial charge in [-0.05, 0) is 6.42 Å². The van der Waals surface area contributed by atoms with Crippen LogP contribution in [0.15, 0.2) is 0 Å². The van der Waals surface area contributed by atoms with Crippen LogP contribution in [0.25, 0.3) is 0 Å². The van der Waals surface area contributed by atoms with Gasteiger partial charge in [-0.25, -0.2) is 13.2 Å². The Hall–Kier alpha value is -1.31. The van der Waals surface area contributed by atoms with E-state index in [0.29, 0.717) is 0 Å². The molecule has 1 N–H and O–H groups in total. The molecule has 19 heavy (non-hydrogen) atoms. The highest BCUT2D eigenvalue weighted by Crippen LogP contribution is 2.44. The summed E-state index contributed by atoms with van der Waals surface area (Å²) in [6.07, 6.45) is -0.856. The number of carbonyl (C=O) groups excluding carboxylic acids is 1. The minimum Gasteiger partial charge on any atom is -0.483 e. The second-order valence-electron chi connectivity index (χ2n) is 4.71. The van der Waals surface area contributed by atoms with Crippen molar-refractivity contribution in [1.29, 1.82) is 0 Å². The minimum absolute atomic E-state index is 0.0728. The zero-order valence-electron chi connectivity index (χ0n) is 10.4. The lowest BCUT2D eigenvalue weighted by Crippen LogP contribution is -2.63. The van der Waals surface area contributed by atoms with Gasteiger partial charge in [-0.15, -0.1) is 0 Å². The van der Waals surface area contributed by atoms with E-state index in [1.54, 1.807) is 0 Å². The smallest absolute Gasteiger partial charge is 0.290 e. The van der Waals surface area contributed by atoms with Crippen LogP contribution in [0.1, 0.15) is 13.3 Å². The van der Waals surface area contributed by atoms with Gasteiger partial charge in [0.2, 0.25) is 5.91 Å². The highest BCUT2D eigenvalue weighted by atomic mass is 19.3. The van der Waals surface area contributed by atoms with E-state index in [1.807, 2.05) is 0 Å². The molecule has 0 bridgehead atoms. The number of hydrogen-bond acceptors (Lipinski definition) is 3. The number of carboxylic acid groups (broad SMARTS) is 1. The topological polar surface area (TPSA) is 66.8 Å². The molecule has 2 fully saturated rings. The van der Waals surface area contributed by atoms with Gasteiger partial charge in [0.15, 0.2) is 5.41 Å². The lowest BCUT2D eigenvalue weighted by atomic mass is 9.78. The second kappa shape index (κ2) is 5.77. The molecule has 2 heterocycles. The average Bonchev–Trinajstić information content (AvgIpc) is 2.61. The second-order valence-corrected chi connectivity index (χ2v) is 4.71. The monoisotopic (exact) mass is 283 g/mol. The summed E-state index contributed by atoms with van der Waals surface area (Å²) in [5.41, 5.74) is -1.77. The lowest BCUT2D eigenvalue weighted by molar-refractivity contribution is -0.235. The Morgan fingerprint density at radius 1 is 1.53 bits per heavy atom. The Morgan fingerprint density at radius 3 is 2.32 bits per heavy atom. The molecule has 2 saturated heterocycles. The lowest BCUT2D eigenvalue weighted by Gasteiger charge is -2.45. The molecule has 2 aliphatic rings. The van der Waals surface area contributed by atoms with Crippen molar-refractivity contribution in [2.75, 3.05) is 26.3 Å². The van der Waals surface area contributed by atoms with Crippen LogP contribution in [-0.2, 0) is 14.3 Å². The van der Waals surface area contributed by atoms with Crippen LogP contribution in [-0.4, -0.2) is 60.8 Å². The molecule has 0 saturated carbocycles. The molecule has 0 spiro atoms. The van der Waals surface area contributed by atoms with Gasteiger partial charge in [0.1, 0.15) is 6.17 Å². The number of rotatable bonds is 2. The van der Waals surface area contributed by atoms with E-state index >= 15 is 0 Å². The standard InChI is InChI=1S/C10H14F3NO2.CH2O2/c1-9(12,13)10(5-16-6-10)8(15)14-3-2-7(11)4-14;2-1-3/h7H,2-6H2,1H3;1H,(H,2,3). The number of amides is 1.